The zero-order valence-corrected chi connectivity index (χ0v) is 15.7. The molecule has 0 unspecified atom stereocenters. The van der Waals surface area contributed by atoms with Crippen molar-refractivity contribution in [2.24, 2.45) is 0 Å². The summed E-state index contributed by atoms with van der Waals surface area (Å²) in [5.74, 6) is -0.775. The second kappa shape index (κ2) is 8.67. The van der Waals surface area contributed by atoms with E-state index in [9.17, 15) is 13.6 Å². The minimum Gasteiger partial charge on any atom is -0.462 e. The van der Waals surface area contributed by atoms with Gasteiger partial charge in [0.05, 0.1) is 30.2 Å². The summed E-state index contributed by atoms with van der Waals surface area (Å²) < 4.78 is 33.0. The predicted octanol–water partition coefficient (Wildman–Crippen LogP) is 3.43. The van der Waals surface area contributed by atoms with E-state index in [1.54, 1.807) is 6.92 Å². The average molecular weight is 399 g/mol. The van der Waals surface area contributed by atoms with E-state index in [0.29, 0.717) is 18.1 Å². The molecule has 2 heterocycles. The summed E-state index contributed by atoms with van der Waals surface area (Å²) >= 11 is 6.24. The van der Waals surface area contributed by atoms with Crippen LogP contribution in [-0.2, 0) is 11.4 Å². The Hall–Kier alpha value is -2.19. The number of carbonyl (C=O) groups is 1. The molecule has 146 valence electrons. The van der Waals surface area contributed by atoms with Gasteiger partial charge in [-0.15, -0.1) is 0 Å². The molecule has 0 amide bonds. The number of hydrogen-bond acceptors (Lipinski definition) is 5. The van der Waals surface area contributed by atoms with Gasteiger partial charge in [-0.1, -0.05) is 23.7 Å². The van der Waals surface area contributed by atoms with Gasteiger partial charge in [0.15, 0.2) is 0 Å². The summed E-state index contributed by atoms with van der Waals surface area (Å²) in [6.07, 6.45) is -1.66. The Morgan fingerprint density at radius 3 is 2.59 bits per heavy atom. The lowest BCUT2D eigenvalue weighted by molar-refractivity contribution is 0.0511. The molecular formula is C18H21ClF2N4O2. The van der Waals surface area contributed by atoms with Crippen molar-refractivity contribution in [3.63, 3.8) is 0 Å². The number of benzene rings is 1. The largest absolute Gasteiger partial charge is 0.462 e. The SMILES string of the molecule is CCOC(=O)c1cnn(CN2CCN(c3ccccc3Cl)CC2)c1C(F)F. The van der Waals surface area contributed by atoms with Gasteiger partial charge in [0.1, 0.15) is 11.3 Å². The number of halogens is 3. The molecule has 1 aromatic heterocycles. The van der Waals surface area contributed by atoms with E-state index in [-0.39, 0.29) is 18.8 Å². The first-order valence-electron chi connectivity index (χ1n) is 8.74. The first-order valence-corrected chi connectivity index (χ1v) is 9.11. The molecular weight excluding hydrogens is 378 g/mol. The average Bonchev–Trinajstić information content (AvgIpc) is 3.07. The Kier molecular flexibility index (Phi) is 6.28. The van der Waals surface area contributed by atoms with Gasteiger partial charge >= 0.3 is 5.97 Å². The van der Waals surface area contributed by atoms with Crippen molar-refractivity contribution in [3.8, 4) is 0 Å². The molecule has 0 radical (unpaired) electrons. The molecule has 0 atom stereocenters. The minimum absolute atomic E-state index is 0.122. The van der Waals surface area contributed by atoms with Gasteiger partial charge in [0, 0.05) is 26.2 Å². The summed E-state index contributed by atoms with van der Waals surface area (Å²) in [5, 5.41) is 4.68. The third kappa shape index (κ3) is 4.39. The number of nitrogens with zero attached hydrogens (tertiary/aromatic N) is 4. The summed E-state index contributed by atoms with van der Waals surface area (Å²) in [5.41, 5.74) is 0.388. The number of anilines is 1. The van der Waals surface area contributed by atoms with E-state index in [0.717, 1.165) is 25.0 Å². The van der Waals surface area contributed by atoms with Crippen LogP contribution in [0, 0.1) is 0 Å². The summed E-state index contributed by atoms with van der Waals surface area (Å²) in [4.78, 5) is 16.0. The molecule has 3 rings (SSSR count). The number of aromatic nitrogens is 2. The van der Waals surface area contributed by atoms with Crippen LogP contribution in [0.4, 0.5) is 14.5 Å². The number of piperazine rings is 1. The van der Waals surface area contributed by atoms with Crippen LogP contribution in [-0.4, -0.2) is 53.4 Å². The second-order valence-corrected chi connectivity index (χ2v) is 6.57. The van der Waals surface area contributed by atoms with Gasteiger partial charge in [-0.2, -0.15) is 5.10 Å². The Morgan fingerprint density at radius 2 is 1.96 bits per heavy atom. The monoisotopic (exact) mass is 398 g/mol. The molecule has 0 aliphatic carbocycles. The lowest BCUT2D eigenvalue weighted by atomic mass is 10.2. The van der Waals surface area contributed by atoms with Crippen molar-refractivity contribution in [3.05, 3.63) is 46.7 Å². The Labute approximate surface area is 161 Å². The number of esters is 1. The number of ether oxygens (including phenoxy) is 1. The molecule has 6 nitrogen and oxygen atoms in total. The second-order valence-electron chi connectivity index (χ2n) is 6.16. The molecule has 0 spiro atoms. The Balaban J connectivity index is 1.67. The van der Waals surface area contributed by atoms with Crippen molar-refractivity contribution in [2.45, 2.75) is 20.0 Å². The van der Waals surface area contributed by atoms with Gasteiger partial charge < -0.3 is 9.64 Å². The van der Waals surface area contributed by atoms with Gasteiger partial charge in [0.25, 0.3) is 6.43 Å². The maximum atomic E-state index is 13.5. The van der Waals surface area contributed by atoms with Crippen LogP contribution < -0.4 is 4.90 Å². The summed E-state index contributed by atoms with van der Waals surface area (Å²) in [7, 11) is 0. The standard InChI is InChI=1S/C18H21ClF2N4O2/c1-2-27-18(26)13-11-22-25(16(13)17(20)21)12-23-7-9-24(10-8-23)15-6-4-3-5-14(15)19/h3-6,11,17H,2,7-10,12H2,1H3. The van der Waals surface area contributed by atoms with Crippen LogP contribution in [0.25, 0.3) is 0 Å². The molecule has 1 saturated heterocycles. The van der Waals surface area contributed by atoms with E-state index in [1.807, 2.05) is 29.2 Å². The first-order chi connectivity index (χ1) is 13.0. The fraction of sp³-hybridized carbons (Fsp3) is 0.444. The van der Waals surface area contributed by atoms with Gasteiger partial charge in [-0.3, -0.25) is 4.90 Å². The molecule has 1 aliphatic heterocycles. The maximum Gasteiger partial charge on any atom is 0.341 e. The highest BCUT2D eigenvalue weighted by Gasteiger charge is 2.27. The van der Waals surface area contributed by atoms with Crippen LogP contribution >= 0.6 is 11.6 Å². The predicted molar refractivity (Wildman–Crippen MR) is 98.4 cm³/mol. The van der Waals surface area contributed by atoms with Crippen LogP contribution in [0.2, 0.25) is 5.02 Å². The molecule has 1 aliphatic rings. The van der Waals surface area contributed by atoms with Crippen molar-refractivity contribution in [2.75, 3.05) is 37.7 Å². The van der Waals surface area contributed by atoms with Crippen LogP contribution in [0.1, 0.15) is 29.4 Å². The molecule has 1 aromatic carbocycles. The normalized spacial score (nSPS) is 15.4. The van der Waals surface area contributed by atoms with Gasteiger partial charge in [-0.25, -0.2) is 18.3 Å². The lowest BCUT2D eigenvalue weighted by Crippen LogP contribution is -2.47. The zero-order valence-electron chi connectivity index (χ0n) is 14.9. The van der Waals surface area contributed by atoms with Crippen molar-refractivity contribution < 1.29 is 18.3 Å². The number of hydrogen-bond donors (Lipinski definition) is 0. The topological polar surface area (TPSA) is 50.6 Å². The molecule has 9 heteroatoms. The Bertz CT molecular complexity index is 791. The Morgan fingerprint density at radius 1 is 1.26 bits per heavy atom. The molecule has 0 bridgehead atoms. The fourth-order valence-electron chi connectivity index (χ4n) is 3.13. The third-order valence-electron chi connectivity index (χ3n) is 4.48. The summed E-state index contributed by atoms with van der Waals surface area (Å²) in [6.45, 7) is 4.72. The van der Waals surface area contributed by atoms with E-state index in [2.05, 4.69) is 10.00 Å². The number of para-hydroxylation sites is 1. The third-order valence-corrected chi connectivity index (χ3v) is 4.80. The minimum atomic E-state index is -2.81. The molecule has 0 saturated carbocycles. The molecule has 1 fully saturated rings. The number of alkyl halides is 2. The van der Waals surface area contributed by atoms with E-state index in [1.165, 1.54) is 4.68 Å². The van der Waals surface area contributed by atoms with Crippen LogP contribution in [0.3, 0.4) is 0 Å². The van der Waals surface area contributed by atoms with E-state index in [4.69, 9.17) is 16.3 Å². The molecule has 0 N–H and O–H groups in total. The molecule has 27 heavy (non-hydrogen) atoms. The first kappa shape index (κ1) is 19.6. The highest BCUT2D eigenvalue weighted by Crippen LogP contribution is 2.27. The van der Waals surface area contributed by atoms with Gasteiger partial charge in [-0.05, 0) is 19.1 Å². The quantitative estimate of drug-likeness (QED) is 0.698. The van der Waals surface area contributed by atoms with Crippen molar-refractivity contribution in [1.29, 1.82) is 0 Å². The summed E-state index contributed by atoms with van der Waals surface area (Å²) in [6, 6.07) is 7.63. The van der Waals surface area contributed by atoms with Crippen molar-refractivity contribution >= 4 is 23.3 Å². The van der Waals surface area contributed by atoms with Crippen LogP contribution in [0.5, 0.6) is 0 Å². The maximum absolute atomic E-state index is 13.5. The highest BCUT2D eigenvalue weighted by molar-refractivity contribution is 6.33. The van der Waals surface area contributed by atoms with Crippen LogP contribution in [0.15, 0.2) is 30.5 Å². The van der Waals surface area contributed by atoms with E-state index < -0.39 is 18.1 Å². The van der Waals surface area contributed by atoms with Gasteiger partial charge in [0.2, 0.25) is 0 Å². The zero-order chi connectivity index (χ0) is 19.4. The fourth-order valence-corrected chi connectivity index (χ4v) is 3.39. The smallest absolute Gasteiger partial charge is 0.341 e. The number of carbonyl (C=O) groups excluding carboxylic acids is 1. The highest BCUT2D eigenvalue weighted by atomic mass is 35.5. The molecule has 2 aromatic rings. The van der Waals surface area contributed by atoms with Crippen molar-refractivity contribution in [1.82, 2.24) is 14.7 Å². The number of rotatable bonds is 6. The lowest BCUT2D eigenvalue weighted by Gasteiger charge is -2.36. The van der Waals surface area contributed by atoms with E-state index >= 15 is 0 Å².